The molecule has 0 unspecified atom stereocenters. The number of benzene rings is 1. The average molecular weight is 496 g/mol. The van der Waals surface area contributed by atoms with E-state index in [-0.39, 0.29) is 17.5 Å². The van der Waals surface area contributed by atoms with Gasteiger partial charge in [-0.3, -0.25) is 9.59 Å². The van der Waals surface area contributed by atoms with Crippen LogP contribution in [0.3, 0.4) is 0 Å². The lowest BCUT2D eigenvalue weighted by atomic mass is 9.82. The van der Waals surface area contributed by atoms with Crippen LogP contribution in [0.5, 0.6) is 0 Å². The normalized spacial score (nSPS) is 17.8. The third-order valence-electron chi connectivity index (χ3n) is 6.72. The quantitative estimate of drug-likeness (QED) is 0.557. The Morgan fingerprint density at radius 3 is 2.50 bits per heavy atom. The second kappa shape index (κ2) is 9.34. The summed E-state index contributed by atoms with van der Waals surface area (Å²) in [5.74, 6) is -2.05. The number of rotatable bonds is 4. The van der Waals surface area contributed by atoms with E-state index in [4.69, 9.17) is 4.74 Å². The number of carbonyl (C=O) groups excluding carboxylic acids is 2. The van der Waals surface area contributed by atoms with Crippen molar-refractivity contribution < 1.29 is 23.1 Å². The van der Waals surface area contributed by atoms with Crippen molar-refractivity contribution >= 4 is 28.9 Å². The minimum atomic E-state index is -0.916. The van der Waals surface area contributed by atoms with Gasteiger partial charge in [-0.15, -0.1) is 0 Å². The summed E-state index contributed by atoms with van der Waals surface area (Å²) in [7, 11) is 0. The lowest BCUT2D eigenvalue weighted by Crippen LogP contribution is -2.48. The van der Waals surface area contributed by atoms with E-state index >= 15 is 0 Å². The molecule has 5 rings (SSSR count). The lowest BCUT2D eigenvalue weighted by Gasteiger charge is -2.34. The molecule has 2 aromatic rings. The minimum absolute atomic E-state index is 0.0127. The smallest absolute Gasteiger partial charge is 0.253 e. The molecule has 0 spiro atoms. The number of carbonyl (C=O) groups is 2. The number of fused-ring (bicyclic) bond motifs is 1. The summed E-state index contributed by atoms with van der Waals surface area (Å²) in [6, 6.07) is 7.78. The van der Waals surface area contributed by atoms with Crippen molar-refractivity contribution in [1.29, 1.82) is 0 Å². The molecule has 1 aliphatic carbocycles. The standard InChI is InChI=1S/C26H27F2N5O3/c1-26(2,25(35)33-7-9-36-10-8-33)15-3-6-19-21(11-15)31-24(34)18-5-4-16(12-20(18)30-19)29-17-13-22(27)32-23(28)14-17/h3,6,11-14,30H,4-5,7-10H2,1-2H3,(H,29,32)(H,31,34). The highest BCUT2D eigenvalue weighted by atomic mass is 19.1. The Kier molecular flexibility index (Phi) is 6.21. The Morgan fingerprint density at radius 1 is 1.06 bits per heavy atom. The fourth-order valence-corrected chi connectivity index (χ4v) is 4.67. The second-order valence-electron chi connectivity index (χ2n) is 9.56. The number of hydrogen-bond donors (Lipinski definition) is 3. The van der Waals surface area contributed by atoms with Gasteiger partial charge in [0.25, 0.3) is 5.91 Å². The molecule has 1 fully saturated rings. The van der Waals surface area contributed by atoms with Crippen molar-refractivity contribution in [3.63, 3.8) is 0 Å². The fourth-order valence-electron chi connectivity index (χ4n) is 4.67. The number of morpholine rings is 1. The van der Waals surface area contributed by atoms with E-state index in [2.05, 4.69) is 20.9 Å². The third-order valence-corrected chi connectivity index (χ3v) is 6.72. The maximum absolute atomic E-state index is 13.5. The van der Waals surface area contributed by atoms with Crippen LogP contribution in [0.2, 0.25) is 0 Å². The van der Waals surface area contributed by atoms with Crippen LogP contribution in [0.1, 0.15) is 32.3 Å². The van der Waals surface area contributed by atoms with Crippen LogP contribution in [0.25, 0.3) is 0 Å². The molecule has 8 nitrogen and oxygen atoms in total. The van der Waals surface area contributed by atoms with Crippen LogP contribution in [-0.2, 0) is 19.7 Å². The molecular weight excluding hydrogens is 468 g/mol. The first-order valence-corrected chi connectivity index (χ1v) is 11.8. The summed E-state index contributed by atoms with van der Waals surface area (Å²) >= 11 is 0. The number of amides is 2. The predicted octanol–water partition coefficient (Wildman–Crippen LogP) is 3.90. The zero-order valence-electron chi connectivity index (χ0n) is 20.1. The van der Waals surface area contributed by atoms with Gasteiger partial charge in [0.05, 0.1) is 30.0 Å². The highest BCUT2D eigenvalue weighted by Crippen LogP contribution is 2.37. The lowest BCUT2D eigenvalue weighted by molar-refractivity contribution is -0.140. The van der Waals surface area contributed by atoms with Gasteiger partial charge in [-0.25, -0.2) is 0 Å². The molecule has 0 saturated carbocycles. The first-order valence-electron chi connectivity index (χ1n) is 11.8. The van der Waals surface area contributed by atoms with Gasteiger partial charge in [0.1, 0.15) is 0 Å². The maximum atomic E-state index is 13.5. The SMILES string of the molecule is CC(C)(C(=O)N1CCOCC1)c1ccc2c(c1)NC(=O)C1=C(C=C(Nc3cc(F)nc(F)c3)CC1)N2. The number of nitrogens with one attached hydrogen (secondary N) is 3. The van der Waals surface area contributed by atoms with Gasteiger partial charge >= 0.3 is 0 Å². The van der Waals surface area contributed by atoms with E-state index < -0.39 is 17.3 Å². The van der Waals surface area contributed by atoms with E-state index in [1.165, 1.54) is 0 Å². The monoisotopic (exact) mass is 495 g/mol. The molecule has 36 heavy (non-hydrogen) atoms. The number of allylic oxidation sites excluding steroid dienone is 2. The van der Waals surface area contributed by atoms with E-state index in [1.807, 2.05) is 36.9 Å². The summed E-state index contributed by atoms with van der Waals surface area (Å²) in [6.07, 6.45) is 2.69. The Bertz CT molecular complexity index is 1280. The number of hydrogen-bond acceptors (Lipinski definition) is 6. The molecule has 1 aromatic carbocycles. The molecule has 1 aromatic heterocycles. The second-order valence-corrected chi connectivity index (χ2v) is 9.56. The maximum Gasteiger partial charge on any atom is 0.253 e. The number of pyridine rings is 1. The highest BCUT2D eigenvalue weighted by Gasteiger charge is 2.35. The van der Waals surface area contributed by atoms with Crippen LogP contribution in [0, 0.1) is 11.9 Å². The molecule has 10 heteroatoms. The number of nitrogens with zero attached hydrogens (tertiary/aromatic N) is 2. The average Bonchev–Trinajstić information content (AvgIpc) is 2.98. The first kappa shape index (κ1) is 23.9. The molecule has 2 amide bonds. The Hall–Kier alpha value is -3.79. The first-order chi connectivity index (χ1) is 17.2. The molecule has 0 bridgehead atoms. The van der Waals surface area contributed by atoms with Gasteiger partial charge in [0, 0.05) is 47.9 Å². The van der Waals surface area contributed by atoms with Crippen molar-refractivity contribution in [2.45, 2.75) is 32.1 Å². The molecule has 188 valence electrons. The number of aromatic nitrogens is 1. The fraction of sp³-hybridized carbons (Fsp3) is 0.346. The molecule has 3 heterocycles. The molecule has 3 N–H and O–H groups in total. The van der Waals surface area contributed by atoms with Crippen LogP contribution < -0.4 is 16.0 Å². The van der Waals surface area contributed by atoms with Gasteiger partial charge in [-0.05, 0) is 50.5 Å². The van der Waals surface area contributed by atoms with Crippen molar-refractivity contribution in [1.82, 2.24) is 9.88 Å². The van der Waals surface area contributed by atoms with Gasteiger partial charge in [-0.2, -0.15) is 13.8 Å². The summed E-state index contributed by atoms with van der Waals surface area (Å²) < 4.78 is 32.3. The third kappa shape index (κ3) is 4.68. The highest BCUT2D eigenvalue weighted by molar-refractivity contribution is 6.08. The molecule has 1 saturated heterocycles. The molecule has 3 aliphatic rings. The van der Waals surface area contributed by atoms with Crippen molar-refractivity contribution in [2.24, 2.45) is 0 Å². The van der Waals surface area contributed by atoms with Gasteiger partial charge < -0.3 is 25.6 Å². The van der Waals surface area contributed by atoms with Crippen molar-refractivity contribution in [3.05, 3.63) is 70.8 Å². The van der Waals surface area contributed by atoms with E-state index in [9.17, 15) is 18.4 Å². The van der Waals surface area contributed by atoms with Gasteiger partial charge in [0.15, 0.2) is 0 Å². The molecule has 0 atom stereocenters. The topological polar surface area (TPSA) is 95.6 Å². The zero-order valence-corrected chi connectivity index (χ0v) is 20.1. The summed E-state index contributed by atoms with van der Waals surface area (Å²) in [6.45, 7) is 5.94. The molecule has 2 aliphatic heterocycles. The largest absolute Gasteiger partial charge is 0.378 e. The Labute approximate surface area is 207 Å². The van der Waals surface area contributed by atoms with Crippen molar-refractivity contribution in [3.8, 4) is 0 Å². The van der Waals surface area contributed by atoms with Crippen LogP contribution in [-0.4, -0.2) is 48.0 Å². The van der Waals surface area contributed by atoms with Crippen LogP contribution in [0.15, 0.2) is 53.4 Å². The number of halogens is 2. The molecule has 0 radical (unpaired) electrons. The summed E-state index contributed by atoms with van der Waals surface area (Å²) in [5.41, 5.74) is 3.39. The van der Waals surface area contributed by atoms with E-state index in [0.717, 1.165) is 17.7 Å². The van der Waals surface area contributed by atoms with Crippen molar-refractivity contribution in [2.75, 3.05) is 42.3 Å². The zero-order chi connectivity index (χ0) is 25.4. The predicted molar refractivity (Wildman–Crippen MR) is 131 cm³/mol. The number of ether oxygens (including phenoxy) is 1. The van der Waals surface area contributed by atoms with Crippen LogP contribution >= 0.6 is 0 Å². The summed E-state index contributed by atoms with van der Waals surface area (Å²) in [4.78, 5) is 31.2. The minimum Gasteiger partial charge on any atom is -0.378 e. The van der Waals surface area contributed by atoms with Gasteiger partial charge in [0.2, 0.25) is 17.8 Å². The Balaban J connectivity index is 1.39. The van der Waals surface area contributed by atoms with E-state index in [0.29, 0.717) is 67.5 Å². The molecular formula is C26H27F2N5O3. The van der Waals surface area contributed by atoms with Crippen LogP contribution in [0.4, 0.5) is 25.8 Å². The van der Waals surface area contributed by atoms with E-state index in [1.54, 1.807) is 6.08 Å². The number of anilines is 3. The van der Waals surface area contributed by atoms with Gasteiger partial charge in [-0.1, -0.05) is 6.07 Å². The summed E-state index contributed by atoms with van der Waals surface area (Å²) in [5, 5.41) is 9.29. The Morgan fingerprint density at radius 2 is 1.78 bits per heavy atom.